The zero-order valence-corrected chi connectivity index (χ0v) is 13.8. The Morgan fingerprint density at radius 1 is 1.38 bits per heavy atom. The third kappa shape index (κ3) is 5.63. The lowest BCUT2D eigenvalue weighted by Gasteiger charge is -2.30. The van der Waals surface area contributed by atoms with E-state index in [9.17, 15) is 9.59 Å². The molecule has 0 spiro atoms. The van der Waals surface area contributed by atoms with E-state index >= 15 is 0 Å². The molecular weight excluding hydrogens is 272 g/mol. The standard InChI is InChI=1S/C15H28N2O4/c1-11(13(18)16-8-10-20-5)17-9-6-7-12(17)14(19)21-15(2,3)4/h11-12H,6-10H2,1-5H3,(H,16,18)/t11?,12-/m1/s1. The molecule has 1 heterocycles. The maximum Gasteiger partial charge on any atom is 0.323 e. The summed E-state index contributed by atoms with van der Waals surface area (Å²) in [5, 5.41) is 2.81. The molecule has 0 aromatic carbocycles. The Morgan fingerprint density at radius 3 is 2.62 bits per heavy atom. The van der Waals surface area contributed by atoms with Crippen molar-refractivity contribution in [2.24, 2.45) is 0 Å². The molecule has 0 aromatic heterocycles. The molecule has 0 aromatic rings. The average Bonchev–Trinajstić information content (AvgIpc) is 2.85. The van der Waals surface area contributed by atoms with E-state index in [1.54, 1.807) is 7.11 Å². The molecule has 6 heteroatoms. The number of amides is 1. The van der Waals surface area contributed by atoms with Crippen molar-refractivity contribution in [3.05, 3.63) is 0 Å². The highest BCUT2D eigenvalue weighted by molar-refractivity contribution is 5.83. The smallest absolute Gasteiger partial charge is 0.323 e. The molecule has 6 nitrogen and oxygen atoms in total. The number of hydrogen-bond acceptors (Lipinski definition) is 5. The van der Waals surface area contributed by atoms with E-state index in [0.717, 1.165) is 19.4 Å². The van der Waals surface area contributed by atoms with Crippen LogP contribution in [0.1, 0.15) is 40.5 Å². The van der Waals surface area contributed by atoms with Crippen molar-refractivity contribution >= 4 is 11.9 Å². The largest absolute Gasteiger partial charge is 0.459 e. The van der Waals surface area contributed by atoms with Crippen LogP contribution < -0.4 is 5.32 Å². The number of esters is 1. The summed E-state index contributed by atoms with van der Waals surface area (Å²) in [5.41, 5.74) is -0.505. The third-order valence-electron chi connectivity index (χ3n) is 3.46. The first-order valence-electron chi connectivity index (χ1n) is 7.51. The summed E-state index contributed by atoms with van der Waals surface area (Å²) >= 11 is 0. The summed E-state index contributed by atoms with van der Waals surface area (Å²) in [5.74, 6) is -0.320. The van der Waals surface area contributed by atoms with Crippen LogP contribution in [-0.4, -0.2) is 61.3 Å². The van der Waals surface area contributed by atoms with Crippen LogP contribution in [-0.2, 0) is 19.1 Å². The molecular formula is C15H28N2O4. The number of methoxy groups -OCH3 is 1. The van der Waals surface area contributed by atoms with E-state index in [1.807, 2.05) is 32.6 Å². The minimum absolute atomic E-state index is 0.0810. The zero-order chi connectivity index (χ0) is 16.0. The molecule has 1 N–H and O–H groups in total. The molecule has 2 atom stereocenters. The number of ether oxygens (including phenoxy) is 2. The zero-order valence-electron chi connectivity index (χ0n) is 13.8. The van der Waals surface area contributed by atoms with Gasteiger partial charge in [0.2, 0.25) is 5.91 Å². The Kier molecular flexibility index (Phi) is 6.61. The number of hydrogen-bond donors (Lipinski definition) is 1. The molecule has 1 unspecified atom stereocenters. The highest BCUT2D eigenvalue weighted by Gasteiger charge is 2.38. The van der Waals surface area contributed by atoms with Gasteiger partial charge < -0.3 is 14.8 Å². The second kappa shape index (κ2) is 7.75. The van der Waals surface area contributed by atoms with Crippen LogP contribution in [0.2, 0.25) is 0 Å². The van der Waals surface area contributed by atoms with Gasteiger partial charge in [-0.25, -0.2) is 0 Å². The quantitative estimate of drug-likeness (QED) is 0.584. The molecule has 21 heavy (non-hydrogen) atoms. The first-order chi connectivity index (χ1) is 9.76. The van der Waals surface area contributed by atoms with Gasteiger partial charge in [-0.3, -0.25) is 14.5 Å². The minimum Gasteiger partial charge on any atom is -0.459 e. The van der Waals surface area contributed by atoms with Crippen molar-refractivity contribution in [3.8, 4) is 0 Å². The second-order valence-corrected chi connectivity index (χ2v) is 6.39. The van der Waals surface area contributed by atoms with Crippen molar-refractivity contribution in [3.63, 3.8) is 0 Å². The van der Waals surface area contributed by atoms with Gasteiger partial charge in [-0.2, -0.15) is 0 Å². The Hall–Kier alpha value is -1.14. The first kappa shape index (κ1) is 17.9. The Balaban J connectivity index is 2.59. The molecule has 122 valence electrons. The fraction of sp³-hybridized carbons (Fsp3) is 0.867. The lowest BCUT2D eigenvalue weighted by atomic mass is 10.1. The predicted molar refractivity (Wildman–Crippen MR) is 79.9 cm³/mol. The number of rotatable bonds is 6. The monoisotopic (exact) mass is 300 g/mol. The maximum absolute atomic E-state index is 12.2. The number of carbonyl (C=O) groups excluding carboxylic acids is 2. The SMILES string of the molecule is COCCNC(=O)C(C)N1CCC[C@@H]1C(=O)OC(C)(C)C. The number of likely N-dealkylation sites (tertiary alicyclic amines) is 1. The minimum atomic E-state index is -0.505. The highest BCUT2D eigenvalue weighted by Crippen LogP contribution is 2.23. The summed E-state index contributed by atoms with van der Waals surface area (Å²) in [4.78, 5) is 26.3. The molecule has 0 bridgehead atoms. The molecule has 1 saturated heterocycles. The van der Waals surface area contributed by atoms with E-state index in [1.165, 1.54) is 0 Å². The van der Waals surface area contributed by atoms with E-state index < -0.39 is 5.60 Å². The number of nitrogens with one attached hydrogen (secondary N) is 1. The second-order valence-electron chi connectivity index (χ2n) is 6.39. The van der Waals surface area contributed by atoms with Gasteiger partial charge in [0.25, 0.3) is 0 Å². The normalized spacial score (nSPS) is 21.1. The van der Waals surface area contributed by atoms with Gasteiger partial charge >= 0.3 is 5.97 Å². The van der Waals surface area contributed by atoms with Crippen molar-refractivity contribution < 1.29 is 19.1 Å². The third-order valence-corrected chi connectivity index (χ3v) is 3.46. The van der Waals surface area contributed by atoms with Gasteiger partial charge in [-0.05, 0) is 47.1 Å². The number of carbonyl (C=O) groups is 2. The van der Waals surface area contributed by atoms with Crippen LogP contribution in [0, 0.1) is 0 Å². The summed E-state index contributed by atoms with van der Waals surface area (Å²) in [6, 6.07) is -0.672. The average molecular weight is 300 g/mol. The van der Waals surface area contributed by atoms with Gasteiger partial charge in [0.05, 0.1) is 12.6 Å². The summed E-state index contributed by atoms with van der Waals surface area (Å²) in [6.07, 6.45) is 1.64. The Labute approximate surface area is 127 Å². The van der Waals surface area contributed by atoms with Crippen LogP contribution in [0.15, 0.2) is 0 Å². The van der Waals surface area contributed by atoms with Crippen LogP contribution in [0.25, 0.3) is 0 Å². The molecule has 0 saturated carbocycles. The van der Waals surface area contributed by atoms with Gasteiger partial charge in [-0.15, -0.1) is 0 Å². The van der Waals surface area contributed by atoms with Crippen LogP contribution in [0.3, 0.4) is 0 Å². The van der Waals surface area contributed by atoms with Crippen molar-refractivity contribution in [2.45, 2.75) is 58.2 Å². The molecule has 1 rings (SSSR count). The highest BCUT2D eigenvalue weighted by atomic mass is 16.6. The molecule has 1 fully saturated rings. The first-order valence-corrected chi connectivity index (χ1v) is 7.51. The van der Waals surface area contributed by atoms with Gasteiger partial charge in [-0.1, -0.05) is 0 Å². The van der Waals surface area contributed by atoms with Crippen LogP contribution in [0.4, 0.5) is 0 Å². The van der Waals surface area contributed by atoms with Crippen molar-refractivity contribution in [2.75, 3.05) is 26.8 Å². The van der Waals surface area contributed by atoms with Crippen molar-refractivity contribution in [1.82, 2.24) is 10.2 Å². The maximum atomic E-state index is 12.2. The molecule has 1 amide bonds. The van der Waals surface area contributed by atoms with Crippen LogP contribution >= 0.6 is 0 Å². The summed E-state index contributed by atoms with van der Waals surface area (Å²) < 4.78 is 10.4. The van der Waals surface area contributed by atoms with Crippen molar-refractivity contribution in [1.29, 1.82) is 0 Å². The lowest BCUT2D eigenvalue weighted by Crippen LogP contribution is -2.51. The van der Waals surface area contributed by atoms with E-state index in [4.69, 9.17) is 9.47 Å². The topological polar surface area (TPSA) is 67.9 Å². The molecule has 0 radical (unpaired) electrons. The molecule has 0 aliphatic carbocycles. The fourth-order valence-corrected chi connectivity index (χ4v) is 2.45. The fourth-order valence-electron chi connectivity index (χ4n) is 2.45. The van der Waals surface area contributed by atoms with Gasteiger partial charge in [0.1, 0.15) is 11.6 Å². The Bertz CT molecular complexity index is 365. The van der Waals surface area contributed by atoms with E-state index in [2.05, 4.69) is 5.32 Å². The lowest BCUT2D eigenvalue weighted by molar-refractivity contribution is -0.161. The predicted octanol–water partition coefficient (Wildman–Crippen LogP) is 0.944. The van der Waals surface area contributed by atoms with E-state index in [-0.39, 0.29) is 24.0 Å². The van der Waals surface area contributed by atoms with Gasteiger partial charge in [0.15, 0.2) is 0 Å². The van der Waals surface area contributed by atoms with E-state index in [0.29, 0.717) is 13.2 Å². The molecule has 1 aliphatic heterocycles. The van der Waals surface area contributed by atoms with Gasteiger partial charge in [0, 0.05) is 13.7 Å². The summed E-state index contributed by atoms with van der Waals surface area (Å²) in [6.45, 7) is 9.08. The number of nitrogens with zero attached hydrogens (tertiary/aromatic N) is 1. The Morgan fingerprint density at radius 2 is 2.05 bits per heavy atom. The summed E-state index contributed by atoms with van der Waals surface area (Å²) in [7, 11) is 1.59. The van der Waals surface area contributed by atoms with Crippen LogP contribution in [0.5, 0.6) is 0 Å². The molecule has 1 aliphatic rings.